The Morgan fingerprint density at radius 1 is 1.30 bits per heavy atom. The van der Waals surface area contributed by atoms with Crippen molar-refractivity contribution in [2.45, 2.75) is 33.4 Å². The first-order valence-electron chi connectivity index (χ1n) is 13.5. The SMILES string of the molecule is C=C(/C=N\N(C)CC)/C(N)=C/N(N)c1cc(C(=O)NC(=C/C(C)C(F)(F)F)/C(OC)=C(\CC)CN(C)CCO)ccc1Cl. The lowest BCUT2D eigenvalue weighted by molar-refractivity contribution is -0.156. The molecule has 0 spiro atoms. The van der Waals surface area contributed by atoms with Crippen molar-refractivity contribution < 1.29 is 27.8 Å². The fourth-order valence-corrected chi connectivity index (χ4v) is 3.77. The second-order valence-electron chi connectivity index (χ2n) is 9.72. The molecule has 1 aromatic rings. The van der Waals surface area contributed by atoms with Crippen molar-refractivity contribution in [3.05, 3.63) is 75.9 Å². The van der Waals surface area contributed by atoms with Crippen LogP contribution in [0, 0.1) is 5.92 Å². The maximum absolute atomic E-state index is 13.6. The zero-order valence-electron chi connectivity index (χ0n) is 25.5. The second-order valence-corrected chi connectivity index (χ2v) is 10.1. The minimum absolute atomic E-state index is 0.0586. The number of halogens is 4. The van der Waals surface area contributed by atoms with E-state index in [1.54, 1.807) is 24.0 Å². The Balaban J connectivity index is 3.49. The van der Waals surface area contributed by atoms with Gasteiger partial charge in [0.15, 0.2) is 0 Å². The van der Waals surface area contributed by atoms with Crippen molar-refractivity contribution in [1.29, 1.82) is 0 Å². The lowest BCUT2D eigenvalue weighted by atomic mass is 10.0. The Morgan fingerprint density at radius 2 is 1.95 bits per heavy atom. The zero-order chi connectivity index (χ0) is 32.9. The van der Waals surface area contributed by atoms with Gasteiger partial charge in [0.05, 0.1) is 48.0 Å². The average Bonchev–Trinajstić information content (AvgIpc) is 2.94. The Hall–Kier alpha value is -3.52. The molecule has 0 aliphatic rings. The number of hydrazone groups is 1. The highest BCUT2D eigenvalue weighted by atomic mass is 35.5. The summed E-state index contributed by atoms with van der Waals surface area (Å²) in [6.07, 6.45) is -0.427. The number of aliphatic hydroxyl groups is 1. The molecule has 43 heavy (non-hydrogen) atoms. The van der Waals surface area contributed by atoms with E-state index in [1.165, 1.54) is 37.7 Å². The molecular weight excluding hydrogens is 587 g/mol. The van der Waals surface area contributed by atoms with E-state index in [0.717, 1.165) is 18.0 Å². The summed E-state index contributed by atoms with van der Waals surface area (Å²) in [6, 6.07) is 4.21. The summed E-state index contributed by atoms with van der Waals surface area (Å²) in [5.41, 5.74) is 7.39. The van der Waals surface area contributed by atoms with E-state index in [0.29, 0.717) is 37.2 Å². The summed E-state index contributed by atoms with van der Waals surface area (Å²) in [4.78, 5) is 15.2. The number of allylic oxidation sites excluding steroid dienone is 2. The van der Waals surface area contributed by atoms with E-state index in [9.17, 15) is 23.1 Å². The predicted octanol–water partition coefficient (Wildman–Crippen LogP) is 4.36. The number of rotatable bonds is 16. The Morgan fingerprint density at radius 3 is 2.49 bits per heavy atom. The van der Waals surface area contributed by atoms with Crippen LogP contribution in [0.2, 0.25) is 5.02 Å². The number of anilines is 1. The summed E-state index contributed by atoms with van der Waals surface area (Å²) >= 11 is 6.35. The summed E-state index contributed by atoms with van der Waals surface area (Å²) in [6.45, 7) is 9.78. The third-order valence-corrected chi connectivity index (χ3v) is 6.64. The third kappa shape index (κ3) is 11.9. The van der Waals surface area contributed by atoms with Gasteiger partial charge in [-0.3, -0.25) is 9.80 Å². The molecule has 0 saturated carbocycles. The van der Waals surface area contributed by atoms with Gasteiger partial charge in [-0.1, -0.05) is 32.0 Å². The van der Waals surface area contributed by atoms with E-state index in [1.807, 2.05) is 13.8 Å². The molecule has 0 heterocycles. The molecule has 0 aromatic heterocycles. The number of alkyl halides is 3. The van der Waals surface area contributed by atoms with Gasteiger partial charge < -0.3 is 30.8 Å². The number of nitrogens with zero attached hydrogens (tertiary/aromatic N) is 4. The van der Waals surface area contributed by atoms with Crippen LogP contribution in [0.1, 0.15) is 37.6 Å². The maximum Gasteiger partial charge on any atom is 0.394 e. The minimum Gasteiger partial charge on any atom is -0.495 e. The summed E-state index contributed by atoms with van der Waals surface area (Å²) in [5.74, 6) is 3.65. The maximum atomic E-state index is 13.6. The van der Waals surface area contributed by atoms with Crippen LogP contribution in [0.15, 0.2) is 70.5 Å². The van der Waals surface area contributed by atoms with Gasteiger partial charge >= 0.3 is 6.18 Å². The number of carbonyl (C=O) groups excluding carboxylic acids is 1. The van der Waals surface area contributed by atoms with Crippen molar-refractivity contribution in [1.82, 2.24) is 15.2 Å². The van der Waals surface area contributed by atoms with Crippen molar-refractivity contribution in [2.75, 3.05) is 52.5 Å². The van der Waals surface area contributed by atoms with Crippen LogP contribution in [-0.2, 0) is 4.74 Å². The van der Waals surface area contributed by atoms with E-state index >= 15 is 0 Å². The highest BCUT2D eigenvalue weighted by Crippen LogP contribution is 2.30. The van der Waals surface area contributed by atoms with Crippen molar-refractivity contribution in [2.24, 2.45) is 22.6 Å². The van der Waals surface area contributed by atoms with Crippen LogP contribution in [0.3, 0.4) is 0 Å². The number of nitrogens with one attached hydrogen (secondary N) is 1. The Labute approximate surface area is 256 Å². The molecule has 0 fully saturated rings. The molecule has 0 aliphatic heterocycles. The van der Waals surface area contributed by atoms with Gasteiger partial charge in [0.25, 0.3) is 5.91 Å². The van der Waals surface area contributed by atoms with Crippen molar-refractivity contribution in [3.63, 3.8) is 0 Å². The number of amides is 1. The molecule has 1 aromatic carbocycles. The van der Waals surface area contributed by atoms with Crippen LogP contribution in [0.4, 0.5) is 18.9 Å². The molecule has 1 unspecified atom stereocenters. The molecule has 14 heteroatoms. The Bertz CT molecular complexity index is 1230. The number of nitrogens with two attached hydrogens (primary N) is 2. The van der Waals surface area contributed by atoms with Gasteiger partial charge in [-0.05, 0) is 50.2 Å². The highest BCUT2D eigenvalue weighted by molar-refractivity contribution is 6.33. The fraction of sp³-hybridized carbons (Fsp3) is 0.448. The van der Waals surface area contributed by atoms with Gasteiger partial charge in [-0.2, -0.15) is 18.3 Å². The van der Waals surface area contributed by atoms with Crippen LogP contribution in [-0.4, -0.2) is 80.8 Å². The molecule has 6 N–H and O–H groups in total. The molecule has 240 valence electrons. The zero-order valence-corrected chi connectivity index (χ0v) is 26.3. The van der Waals surface area contributed by atoms with Crippen LogP contribution in [0.5, 0.6) is 0 Å². The van der Waals surface area contributed by atoms with E-state index < -0.39 is 18.0 Å². The lowest BCUT2D eigenvalue weighted by Crippen LogP contribution is -2.30. The van der Waals surface area contributed by atoms with Crippen LogP contribution in [0.25, 0.3) is 0 Å². The summed E-state index contributed by atoms with van der Waals surface area (Å²) in [5, 5.41) is 19.0. The number of likely N-dealkylation sites (N-methyl/N-ethyl adjacent to an activating group) is 1. The molecule has 0 saturated heterocycles. The number of carbonyl (C=O) groups is 1. The van der Waals surface area contributed by atoms with Crippen molar-refractivity contribution >= 4 is 29.4 Å². The third-order valence-electron chi connectivity index (χ3n) is 6.32. The fourth-order valence-electron chi connectivity index (χ4n) is 3.56. The molecular formula is C29H43ClF3N7O3. The van der Waals surface area contributed by atoms with E-state index in [-0.39, 0.29) is 40.0 Å². The first kappa shape index (κ1) is 37.5. The molecule has 0 radical (unpaired) electrons. The number of hydrazine groups is 1. The lowest BCUT2D eigenvalue weighted by Gasteiger charge is -2.23. The van der Waals surface area contributed by atoms with Gasteiger partial charge in [-0.25, -0.2) is 5.84 Å². The molecule has 1 amide bonds. The van der Waals surface area contributed by atoms with Gasteiger partial charge in [-0.15, -0.1) is 0 Å². The summed E-state index contributed by atoms with van der Waals surface area (Å²) in [7, 11) is 4.85. The number of ether oxygens (including phenoxy) is 1. The number of methoxy groups -OCH3 is 1. The second kappa shape index (κ2) is 17.6. The summed E-state index contributed by atoms with van der Waals surface area (Å²) < 4.78 is 46.2. The Kier molecular flexibility index (Phi) is 15.3. The van der Waals surface area contributed by atoms with Gasteiger partial charge in [0.1, 0.15) is 5.76 Å². The molecule has 1 rings (SSSR count). The topological polar surface area (TPSA) is 133 Å². The molecule has 1 atom stereocenters. The number of benzene rings is 1. The average molecular weight is 630 g/mol. The van der Waals surface area contributed by atoms with Crippen LogP contribution >= 0.6 is 11.6 Å². The first-order chi connectivity index (χ1) is 20.1. The highest BCUT2D eigenvalue weighted by Gasteiger charge is 2.35. The van der Waals surface area contributed by atoms with Crippen molar-refractivity contribution in [3.8, 4) is 0 Å². The predicted molar refractivity (Wildman–Crippen MR) is 166 cm³/mol. The number of aliphatic hydroxyl groups excluding tert-OH is 1. The quantitative estimate of drug-likeness (QED) is 0.0697. The largest absolute Gasteiger partial charge is 0.495 e. The standard InChI is InChI=1S/C29H43ClF3N7O3/c1-8-21(17-38(5)12-13-41)27(43-7)25(14-20(4)29(31,32)33)37-28(42)22-10-11-23(30)26(15-22)40(35)18-24(34)19(3)16-36-39(6)9-2/h10-11,14-16,18,20,41H,3,8-9,12-13,17,34-35H2,1-2,4-7H3,(H,37,42)/b24-18-,25-14+,27-21-,36-16-. The van der Waals surface area contributed by atoms with E-state index in [2.05, 4.69) is 17.0 Å². The van der Waals surface area contributed by atoms with Gasteiger partial charge in [0, 0.05) is 44.0 Å². The van der Waals surface area contributed by atoms with Crippen LogP contribution < -0.4 is 21.9 Å². The smallest absolute Gasteiger partial charge is 0.394 e. The monoisotopic (exact) mass is 629 g/mol. The minimum atomic E-state index is -4.56. The number of hydrogen-bond donors (Lipinski definition) is 4. The normalized spacial score (nSPS) is 14.1. The van der Waals surface area contributed by atoms with Gasteiger partial charge in [0.2, 0.25) is 0 Å². The van der Waals surface area contributed by atoms with E-state index in [4.69, 9.17) is 27.9 Å². The molecule has 0 aliphatic carbocycles. The molecule has 10 nitrogen and oxygen atoms in total. The first-order valence-corrected chi connectivity index (χ1v) is 13.9. The number of hydrogen-bond acceptors (Lipinski definition) is 9. The molecule has 0 bridgehead atoms.